The molecule has 1 atom stereocenters. The summed E-state index contributed by atoms with van der Waals surface area (Å²) in [6.45, 7) is 11.3. The summed E-state index contributed by atoms with van der Waals surface area (Å²) in [5.74, 6) is 0.310. The van der Waals surface area contributed by atoms with Gasteiger partial charge >= 0.3 is 0 Å². The summed E-state index contributed by atoms with van der Waals surface area (Å²) in [4.78, 5) is 0. The maximum absolute atomic E-state index is 11.9. The Balaban J connectivity index is 4.24. The van der Waals surface area contributed by atoms with Gasteiger partial charge in [0.2, 0.25) is 10.0 Å². The molecule has 18 heavy (non-hydrogen) atoms. The number of nitrogens with one attached hydrogen (secondary N) is 2. The summed E-state index contributed by atoms with van der Waals surface area (Å²) in [7, 11) is -3.24. The van der Waals surface area contributed by atoms with Gasteiger partial charge in [0.25, 0.3) is 0 Å². The van der Waals surface area contributed by atoms with Crippen LogP contribution in [-0.2, 0) is 14.8 Å². The predicted molar refractivity (Wildman–Crippen MR) is 75.2 cm³/mol. The molecule has 5 nitrogen and oxygen atoms in total. The molecule has 0 aromatic rings. The van der Waals surface area contributed by atoms with E-state index in [0.717, 1.165) is 0 Å². The first-order valence-electron chi connectivity index (χ1n) is 6.59. The molecular weight excluding hydrogens is 252 g/mol. The molecule has 0 aliphatic rings. The van der Waals surface area contributed by atoms with Gasteiger partial charge in [0, 0.05) is 25.2 Å². The second kappa shape index (κ2) is 8.85. The average molecular weight is 280 g/mol. The third-order valence-electron chi connectivity index (χ3n) is 2.56. The van der Waals surface area contributed by atoms with Gasteiger partial charge in [-0.1, -0.05) is 27.7 Å². The van der Waals surface area contributed by atoms with Gasteiger partial charge in [-0.05, 0) is 12.8 Å². The Labute approximate surface area is 112 Å². The molecule has 0 aromatic heterocycles. The monoisotopic (exact) mass is 280 g/mol. The Morgan fingerprint density at radius 3 is 2.22 bits per heavy atom. The van der Waals surface area contributed by atoms with Crippen molar-refractivity contribution in [3.63, 3.8) is 0 Å². The molecule has 0 saturated heterocycles. The van der Waals surface area contributed by atoms with E-state index in [1.54, 1.807) is 0 Å². The topological polar surface area (TPSA) is 67.4 Å². The molecule has 1 unspecified atom stereocenters. The third-order valence-corrected chi connectivity index (χ3v) is 3.96. The van der Waals surface area contributed by atoms with Crippen LogP contribution >= 0.6 is 0 Å². The summed E-state index contributed by atoms with van der Waals surface area (Å²) >= 11 is 0. The first-order chi connectivity index (χ1) is 8.28. The Bertz CT molecular complexity index is 302. The lowest BCUT2D eigenvalue weighted by molar-refractivity contribution is 0.116. The van der Waals surface area contributed by atoms with Crippen LogP contribution in [0.5, 0.6) is 0 Å². The zero-order chi connectivity index (χ0) is 14.2. The minimum Gasteiger partial charge on any atom is -0.380 e. The SMILES string of the molecule is CCOCC(NS(=O)(=O)CCNC(C)C)C(C)C. The van der Waals surface area contributed by atoms with Crippen LogP contribution in [0.25, 0.3) is 0 Å². The summed E-state index contributed by atoms with van der Waals surface area (Å²) < 4.78 is 31.8. The van der Waals surface area contributed by atoms with E-state index < -0.39 is 10.0 Å². The highest BCUT2D eigenvalue weighted by Gasteiger charge is 2.20. The summed E-state index contributed by atoms with van der Waals surface area (Å²) in [5, 5.41) is 3.10. The van der Waals surface area contributed by atoms with Gasteiger partial charge in [0.05, 0.1) is 12.4 Å². The minimum atomic E-state index is -3.24. The third kappa shape index (κ3) is 8.85. The van der Waals surface area contributed by atoms with Gasteiger partial charge in [0.15, 0.2) is 0 Å². The summed E-state index contributed by atoms with van der Waals surface area (Å²) in [6, 6.07) is 0.138. The van der Waals surface area contributed by atoms with Crippen LogP contribution in [-0.4, -0.2) is 46.0 Å². The molecule has 2 N–H and O–H groups in total. The first-order valence-corrected chi connectivity index (χ1v) is 8.24. The van der Waals surface area contributed by atoms with Gasteiger partial charge in [-0.25, -0.2) is 13.1 Å². The second-order valence-corrected chi connectivity index (χ2v) is 6.93. The van der Waals surface area contributed by atoms with E-state index in [1.807, 2.05) is 34.6 Å². The van der Waals surface area contributed by atoms with Crippen LogP contribution in [0.1, 0.15) is 34.6 Å². The van der Waals surface area contributed by atoms with Crippen molar-refractivity contribution in [2.45, 2.75) is 46.7 Å². The van der Waals surface area contributed by atoms with Crippen LogP contribution in [0.3, 0.4) is 0 Å². The number of hydrogen-bond donors (Lipinski definition) is 2. The molecule has 0 aromatic carbocycles. The predicted octanol–water partition coefficient (Wildman–Crippen LogP) is 0.965. The highest BCUT2D eigenvalue weighted by Crippen LogP contribution is 2.04. The molecule has 0 saturated carbocycles. The molecule has 0 radical (unpaired) electrons. The van der Waals surface area contributed by atoms with Crippen LogP contribution in [0.2, 0.25) is 0 Å². The Morgan fingerprint density at radius 1 is 1.17 bits per heavy atom. The van der Waals surface area contributed by atoms with Gasteiger partial charge in [-0.2, -0.15) is 0 Å². The van der Waals surface area contributed by atoms with Crippen molar-refractivity contribution in [1.82, 2.24) is 10.0 Å². The lowest BCUT2D eigenvalue weighted by atomic mass is 10.1. The van der Waals surface area contributed by atoms with Gasteiger partial charge < -0.3 is 10.1 Å². The van der Waals surface area contributed by atoms with E-state index >= 15 is 0 Å². The normalized spacial score (nSPS) is 14.4. The Kier molecular flexibility index (Phi) is 8.77. The smallest absolute Gasteiger partial charge is 0.213 e. The van der Waals surface area contributed by atoms with Crippen molar-refractivity contribution < 1.29 is 13.2 Å². The Morgan fingerprint density at radius 2 is 1.78 bits per heavy atom. The molecular formula is C12H28N2O3S. The van der Waals surface area contributed by atoms with Crippen molar-refractivity contribution in [3.05, 3.63) is 0 Å². The van der Waals surface area contributed by atoms with Crippen LogP contribution in [0, 0.1) is 5.92 Å². The van der Waals surface area contributed by atoms with Crippen LogP contribution in [0.15, 0.2) is 0 Å². The summed E-state index contributed by atoms with van der Waals surface area (Å²) in [6.07, 6.45) is 0. The highest BCUT2D eigenvalue weighted by atomic mass is 32.2. The minimum absolute atomic E-state index is 0.0977. The molecule has 0 fully saturated rings. The highest BCUT2D eigenvalue weighted by molar-refractivity contribution is 7.89. The fourth-order valence-corrected chi connectivity index (χ4v) is 2.68. The lowest BCUT2D eigenvalue weighted by Gasteiger charge is -2.22. The first kappa shape index (κ1) is 17.8. The number of ether oxygens (including phenoxy) is 1. The maximum atomic E-state index is 11.9. The second-order valence-electron chi connectivity index (χ2n) is 5.06. The average Bonchev–Trinajstić information content (AvgIpc) is 2.22. The largest absolute Gasteiger partial charge is 0.380 e. The van der Waals surface area contributed by atoms with E-state index in [-0.39, 0.29) is 17.7 Å². The van der Waals surface area contributed by atoms with Gasteiger partial charge in [-0.3, -0.25) is 0 Å². The van der Waals surface area contributed by atoms with Crippen molar-refractivity contribution in [3.8, 4) is 0 Å². The lowest BCUT2D eigenvalue weighted by Crippen LogP contribution is -2.44. The van der Waals surface area contributed by atoms with Gasteiger partial charge in [0.1, 0.15) is 0 Å². The molecule has 0 aliphatic carbocycles. The molecule has 0 aliphatic heterocycles. The number of sulfonamides is 1. The maximum Gasteiger partial charge on any atom is 0.213 e. The quantitative estimate of drug-likeness (QED) is 0.625. The zero-order valence-corrected chi connectivity index (χ0v) is 13.0. The van der Waals surface area contributed by atoms with E-state index in [2.05, 4.69) is 10.0 Å². The molecule has 0 amide bonds. The zero-order valence-electron chi connectivity index (χ0n) is 12.2. The van der Waals surface area contributed by atoms with Gasteiger partial charge in [-0.15, -0.1) is 0 Å². The molecule has 0 bridgehead atoms. The number of rotatable bonds is 10. The van der Waals surface area contributed by atoms with E-state index in [4.69, 9.17) is 4.74 Å². The van der Waals surface area contributed by atoms with Crippen molar-refractivity contribution in [2.24, 2.45) is 5.92 Å². The Hall–Kier alpha value is -0.170. The molecule has 0 rings (SSSR count). The van der Waals surface area contributed by atoms with E-state index in [0.29, 0.717) is 25.8 Å². The van der Waals surface area contributed by atoms with Crippen molar-refractivity contribution in [2.75, 3.05) is 25.5 Å². The van der Waals surface area contributed by atoms with Crippen LogP contribution < -0.4 is 10.0 Å². The molecule has 0 spiro atoms. The van der Waals surface area contributed by atoms with Crippen molar-refractivity contribution in [1.29, 1.82) is 0 Å². The summed E-state index contributed by atoms with van der Waals surface area (Å²) in [5.41, 5.74) is 0. The van der Waals surface area contributed by atoms with E-state index in [9.17, 15) is 8.42 Å². The molecule has 0 heterocycles. The standard InChI is InChI=1S/C12H28N2O3S/c1-6-17-9-12(10(2)3)14-18(15,16)8-7-13-11(4)5/h10-14H,6-9H2,1-5H3. The molecule has 110 valence electrons. The molecule has 6 heteroatoms. The fraction of sp³-hybridized carbons (Fsp3) is 1.00. The fourth-order valence-electron chi connectivity index (χ4n) is 1.38. The number of hydrogen-bond acceptors (Lipinski definition) is 4. The van der Waals surface area contributed by atoms with Crippen molar-refractivity contribution >= 4 is 10.0 Å². The van der Waals surface area contributed by atoms with Crippen LogP contribution in [0.4, 0.5) is 0 Å². The van der Waals surface area contributed by atoms with E-state index in [1.165, 1.54) is 0 Å².